The van der Waals surface area contributed by atoms with E-state index in [1.54, 1.807) is 15.9 Å². The highest BCUT2D eigenvalue weighted by molar-refractivity contribution is 5.99. The molecule has 11 nitrogen and oxygen atoms in total. The van der Waals surface area contributed by atoms with Gasteiger partial charge in [-0.2, -0.15) is 0 Å². The minimum Gasteiger partial charge on any atom is -0.379 e. The molecule has 3 aromatic rings. The van der Waals surface area contributed by atoms with Gasteiger partial charge in [0.25, 0.3) is 11.8 Å². The van der Waals surface area contributed by atoms with Crippen LogP contribution in [0.2, 0.25) is 0 Å². The zero-order chi connectivity index (χ0) is 24.4. The lowest BCUT2D eigenvalue weighted by atomic mass is 10.1. The summed E-state index contributed by atoms with van der Waals surface area (Å²) < 4.78 is 6.85. The topological polar surface area (TPSA) is 126 Å². The van der Waals surface area contributed by atoms with Gasteiger partial charge in [-0.3, -0.25) is 23.7 Å². The van der Waals surface area contributed by atoms with Crippen molar-refractivity contribution < 1.29 is 19.1 Å². The second-order valence-corrected chi connectivity index (χ2v) is 8.61. The van der Waals surface area contributed by atoms with Gasteiger partial charge in [0, 0.05) is 44.8 Å². The van der Waals surface area contributed by atoms with Gasteiger partial charge in [0.05, 0.1) is 25.5 Å². The van der Waals surface area contributed by atoms with Crippen LogP contribution in [-0.2, 0) is 9.53 Å². The minimum absolute atomic E-state index is 0.00959. The Morgan fingerprint density at radius 1 is 0.943 bits per heavy atom. The van der Waals surface area contributed by atoms with E-state index in [2.05, 4.69) is 14.9 Å². The second kappa shape index (κ2) is 9.80. The van der Waals surface area contributed by atoms with E-state index in [0.29, 0.717) is 57.3 Å². The first kappa shape index (κ1) is 22.9. The Morgan fingerprint density at radius 2 is 1.63 bits per heavy atom. The average Bonchev–Trinajstić information content (AvgIpc) is 3.33. The molecule has 3 amide bonds. The number of fused-ring (bicyclic) bond motifs is 1. The fraction of sp³-hybridized carbons (Fsp3) is 0.375. The number of amides is 3. The lowest BCUT2D eigenvalue weighted by molar-refractivity contribution is -0.134. The number of primary amides is 1. The summed E-state index contributed by atoms with van der Waals surface area (Å²) in [5, 5.41) is 0. The number of nitrogens with zero attached hydrogens (tertiary/aromatic N) is 6. The van der Waals surface area contributed by atoms with Crippen molar-refractivity contribution in [2.75, 3.05) is 59.0 Å². The highest BCUT2D eigenvalue weighted by Crippen LogP contribution is 2.22. The predicted molar refractivity (Wildman–Crippen MR) is 127 cm³/mol. The number of morpholine rings is 1. The van der Waals surface area contributed by atoms with Crippen molar-refractivity contribution in [3.63, 3.8) is 0 Å². The van der Waals surface area contributed by atoms with Crippen LogP contribution in [0.3, 0.4) is 0 Å². The lowest BCUT2D eigenvalue weighted by Gasteiger charge is -2.36. The van der Waals surface area contributed by atoms with Crippen LogP contribution in [-0.4, -0.2) is 106 Å². The number of carbonyl (C=O) groups is 3. The molecular weight excluding hydrogens is 450 g/mol. The molecule has 2 aliphatic heterocycles. The van der Waals surface area contributed by atoms with Gasteiger partial charge in [0.1, 0.15) is 12.0 Å². The van der Waals surface area contributed by atoms with Crippen molar-refractivity contribution in [1.82, 2.24) is 29.1 Å². The molecule has 2 aliphatic rings. The van der Waals surface area contributed by atoms with Crippen molar-refractivity contribution in [2.45, 2.75) is 0 Å². The Bertz CT molecular complexity index is 1250. The van der Waals surface area contributed by atoms with Gasteiger partial charge < -0.3 is 20.3 Å². The second-order valence-electron chi connectivity index (χ2n) is 8.61. The highest BCUT2D eigenvalue weighted by atomic mass is 16.5. The van der Waals surface area contributed by atoms with E-state index in [9.17, 15) is 14.4 Å². The monoisotopic (exact) mass is 477 g/mol. The SMILES string of the molecule is NC(=O)c1ncn2c(C(=O)N3CCN(C(=O)CN4CCOCC4)CC3)cc(-c3ccccc3)nc12. The molecule has 0 saturated carbocycles. The molecule has 1 aromatic carbocycles. The Morgan fingerprint density at radius 3 is 2.31 bits per heavy atom. The molecule has 2 aromatic heterocycles. The predicted octanol–water partition coefficient (Wildman–Crippen LogP) is 0.112. The van der Waals surface area contributed by atoms with Crippen molar-refractivity contribution >= 4 is 23.4 Å². The summed E-state index contributed by atoms with van der Waals surface area (Å²) in [6.45, 7) is 4.92. The number of ether oxygens (including phenoxy) is 1. The van der Waals surface area contributed by atoms with Crippen molar-refractivity contribution in [2.24, 2.45) is 5.73 Å². The fourth-order valence-corrected chi connectivity index (χ4v) is 4.44. The van der Waals surface area contributed by atoms with Gasteiger partial charge >= 0.3 is 0 Å². The maximum atomic E-state index is 13.6. The molecule has 0 radical (unpaired) electrons. The number of nitrogens with two attached hydrogens (primary N) is 1. The first-order valence-electron chi connectivity index (χ1n) is 11.6. The molecular formula is C24H27N7O4. The van der Waals surface area contributed by atoms with Crippen molar-refractivity contribution in [3.8, 4) is 11.3 Å². The van der Waals surface area contributed by atoms with Crippen LogP contribution in [0.25, 0.3) is 16.9 Å². The van der Waals surface area contributed by atoms with E-state index in [0.717, 1.165) is 18.7 Å². The molecule has 182 valence electrons. The summed E-state index contributed by atoms with van der Waals surface area (Å²) in [6.07, 6.45) is 1.40. The molecule has 4 heterocycles. The Balaban J connectivity index is 1.36. The quantitative estimate of drug-likeness (QED) is 0.553. The maximum absolute atomic E-state index is 13.6. The number of hydrogen-bond donors (Lipinski definition) is 1. The summed E-state index contributed by atoms with van der Waals surface area (Å²) in [6, 6.07) is 11.1. The Kier molecular flexibility index (Phi) is 6.43. The largest absolute Gasteiger partial charge is 0.379 e. The van der Waals surface area contributed by atoms with Gasteiger partial charge in [0.15, 0.2) is 11.3 Å². The maximum Gasteiger partial charge on any atom is 0.271 e. The van der Waals surface area contributed by atoms with E-state index in [1.807, 2.05) is 30.3 Å². The molecule has 0 bridgehead atoms. The number of benzene rings is 1. The molecule has 0 atom stereocenters. The third-order valence-electron chi connectivity index (χ3n) is 6.41. The van der Waals surface area contributed by atoms with Crippen LogP contribution in [0.1, 0.15) is 21.0 Å². The number of hydrogen-bond acceptors (Lipinski definition) is 7. The van der Waals surface area contributed by atoms with Crippen molar-refractivity contribution in [1.29, 1.82) is 0 Å². The number of aromatic nitrogens is 3. The normalized spacial score (nSPS) is 17.0. The fourth-order valence-electron chi connectivity index (χ4n) is 4.44. The minimum atomic E-state index is -0.712. The van der Waals surface area contributed by atoms with E-state index in [-0.39, 0.29) is 23.2 Å². The van der Waals surface area contributed by atoms with Gasteiger partial charge in [-0.05, 0) is 6.07 Å². The van der Waals surface area contributed by atoms with Crippen LogP contribution in [0.5, 0.6) is 0 Å². The van der Waals surface area contributed by atoms with Gasteiger partial charge in [0.2, 0.25) is 5.91 Å². The first-order valence-corrected chi connectivity index (χ1v) is 11.6. The van der Waals surface area contributed by atoms with Gasteiger partial charge in [-0.1, -0.05) is 30.3 Å². The molecule has 2 saturated heterocycles. The van der Waals surface area contributed by atoms with E-state index in [4.69, 9.17) is 10.5 Å². The van der Waals surface area contributed by atoms with Crippen LogP contribution < -0.4 is 5.73 Å². The van der Waals surface area contributed by atoms with Crippen LogP contribution in [0.15, 0.2) is 42.7 Å². The zero-order valence-corrected chi connectivity index (χ0v) is 19.3. The van der Waals surface area contributed by atoms with Crippen LogP contribution in [0, 0.1) is 0 Å². The standard InChI is InChI=1S/C24H27N7O4/c25-22(33)21-23-27-18(17-4-2-1-3-5-17)14-19(31(23)16-26-21)24(34)30-8-6-29(7-9-30)20(32)15-28-10-12-35-13-11-28/h1-5,14,16H,6-13,15H2,(H2,25,33). The van der Waals surface area contributed by atoms with Crippen molar-refractivity contribution in [3.05, 3.63) is 54.1 Å². The Labute approximate surface area is 202 Å². The number of carbonyl (C=O) groups excluding carboxylic acids is 3. The van der Waals surface area contributed by atoms with E-state index in [1.165, 1.54) is 10.7 Å². The van der Waals surface area contributed by atoms with Crippen LogP contribution >= 0.6 is 0 Å². The number of imidazole rings is 1. The third-order valence-corrected chi connectivity index (χ3v) is 6.41. The number of rotatable bonds is 5. The van der Waals surface area contributed by atoms with Crippen LogP contribution in [0.4, 0.5) is 0 Å². The molecule has 11 heteroatoms. The number of piperazine rings is 1. The molecule has 2 N–H and O–H groups in total. The summed E-state index contributed by atoms with van der Waals surface area (Å²) in [7, 11) is 0. The summed E-state index contributed by atoms with van der Waals surface area (Å²) in [4.78, 5) is 52.5. The molecule has 0 spiro atoms. The summed E-state index contributed by atoms with van der Waals surface area (Å²) in [5.74, 6) is -0.864. The van der Waals surface area contributed by atoms with Gasteiger partial charge in [-0.25, -0.2) is 9.97 Å². The molecule has 0 unspecified atom stereocenters. The molecule has 5 rings (SSSR count). The van der Waals surface area contributed by atoms with E-state index < -0.39 is 5.91 Å². The Hall–Kier alpha value is -3.83. The van der Waals surface area contributed by atoms with E-state index >= 15 is 0 Å². The summed E-state index contributed by atoms with van der Waals surface area (Å²) in [5.41, 5.74) is 7.43. The molecule has 2 fully saturated rings. The highest BCUT2D eigenvalue weighted by Gasteiger charge is 2.28. The summed E-state index contributed by atoms with van der Waals surface area (Å²) >= 11 is 0. The zero-order valence-electron chi connectivity index (χ0n) is 19.3. The smallest absolute Gasteiger partial charge is 0.271 e. The molecule has 0 aliphatic carbocycles. The molecule has 35 heavy (non-hydrogen) atoms. The van der Waals surface area contributed by atoms with Gasteiger partial charge in [-0.15, -0.1) is 0 Å². The third kappa shape index (κ3) is 4.73. The average molecular weight is 478 g/mol. The first-order chi connectivity index (χ1) is 17.0. The lowest BCUT2D eigenvalue weighted by Crippen LogP contribution is -2.53.